The topological polar surface area (TPSA) is 93.9 Å². The molecule has 0 saturated carbocycles. The van der Waals surface area contributed by atoms with Gasteiger partial charge in [0.15, 0.2) is 5.65 Å². The van der Waals surface area contributed by atoms with Crippen LogP contribution >= 0.6 is 0 Å². The summed E-state index contributed by atoms with van der Waals surface area (Å²) in [6.07, 6.45) is 2.56. The molecule has 2 N–H and O–H groups in total. The summed E-state index contributed by atoms with van der Waals surface area (Å²) < 4.78 is 1.55. The van der Waals surface area contributed by atoms with E-state index in [1.165, 1.54) is 0 Å². The van der Waals surface area contributed by atoms with Gasteiger partial charge in [-0.15, -0.1) is 0 Å². The van der Waals surface area contributed by atoms with Crippen LogP contribution in [0, 0.1) is 5.92 Å². The highest BCUT2D eigenvalue weighted by Gasteiger charge is 2.30. The molecule has 32 heavy (non-hydrogen) atoms. The molecule has 1 aromatic carbocycles. The van der Waals surface area contributed by atoms with Gasteiger partial charge in [0, 0.05) is 36.2 Å². The first kappa shape index (κ1) is 20.8. The van der Waals surface area contributed by atoms with Gasteiger partial charge in [0.2, 0.25) is 5.91 Å². The summed E-state index contributed by atoms with van der Waals surface area (Å²) in [6.45, 7) is 6.31. The summed E-state index contributed by atoms with van der Waals surface area (Å²) in [4.78, 5) is 34.5. The van der Waals surface area contributed by atoms with Crippen molar-refractivity contribution < 1.29 is 9.90 Å². The minimum Gasteiger partial charge on any atom is -0.508 e. The third-order valence-electron chi connectivity index (χ3n) is 6.68. The number of hydrogen-bond donors (Lipinski definition) is 2. The molecule has 1 unspecified atom stereocenters. The maximum absolute atomic E-state index is 13.2. The SMILES string of the molecule is CC(C)C(=O)N1CCc2c(nc3cc(C4CCCN4Cc4ccccc4O)[nH]n3c2=O)C1. The number of phenolic OH excluding ortho intramolecular Hbond substituents is 1. The zero-order valence-corrected chi connectivity index (χ0v) is 18.5. The minimum atomic E-state index is -0.0716. The number of rotatable bonds is 4. The maximum Gasteiger partial charge on any atom is 0.276 e. The van der Waals surface area contributed by atoms with Crippen LogP contribution in [0.4, 0.5) is 0 Å². The molecule has 2 aliphatic rings. The number of H-pyrrole nitrogens is 1. The number of carbonyl (C=O) groups is 1. The molecule has 4 heterocycles. The molecule has 5 rings (SSSR count). The van der Waals surface area contributed by atoms with Crippen LogP contribution in [0.5, 0.6) is 5.75 Å². The zero-order valence-electron chi connectivity index (χ0n) is 18.5. The number of benzene rings is 1. The highest BCUT2D eigenvalue weighted by molar-refractivity contribution is 5.78. The minimum absolute atomic E-state index is 0.0712. The average Bonchev–Trinajstić information content (AvgIpc) is 3.41. The Morgan fingerprint density at radius 1 is 1.28 bits per heavy atom. The number of amides is 1. The third kappa shape index (κ3) is 3.58. The second-order valence-electron chi connectivity index (χ2n) is 9.17. The second-order valence-corrected chi connectivity index (χ2v) is 9.17. The van der Waals surface area contributed by atoms with Crippen LogP contribution in [0.3, 0.4) is 0 Å². The number of phenols is 1. The molecule has 168 valence electrons. The van der Waals surface area contributed by atoms with Crippen molar-refractivity contribution in [3.05, 3.63) is 63.2 Å². The lowest BCUT2D eigenvalue weighted by atomic mass is 10.0. The van der Waals surface area contributed by atoms with Crippen molar-refractivity contribution in [1.29, 1.82) is 0 Å². The van der Waals surface area contributed by atoms with Gasteiger partial charge in [-0.1, -0.05) is 32.0 Å². The lowest BCUT2D eigenvalue weighted by Gasteiger charge is -2.29. The van der Waals surface area contributed by atoms with Gasteiger partial charge in [-0.3, -0.25) is 19.6 Å². The fraction of sp³-hybridized carbons (Fsp3) is 0.458. The van der Waals surface area contributed by atoms with Crippen molar-refractivity contribution in [2.75, 3.05) is 13.1 Å². The maximum atomic E-state index is 13.2. The Kier molecular flexibility index (Phi) is 5.25. The molecular formula is C24H29N5O3. The quantitative estimate of drug-likeness (QED) is 0.657. The highest BCUT2D eigenvalue weighted by Crippen LogP contribution is 2.34. The fourth-order valence-electron chi connectivity index (χ4n) is 4.97. The molecule has 8 heteroatoms. The largest absolute Gasteiger partial charge is 0.508 e. The molecule has 0 bridgehead atoms. The summed E-state index contributed by atoms with van der Waals surface area (Å²) in [5, 5.41) is 13.5. The monoisotopic (exact) mass is 435 g/mol. The van der Waals surface area contributed by atoms with E-state index in [1.807, 2.05) is 38.1 Å². The third-order valence-corrected chi connectivity index (χ3v) is 6.68. The molecule has 8 nitrogen and oxygen atoms in total. The second kappa shape index (κ2) is 8.09. The number of aromatic hydroxyl groups is 1. The Balaban J connectivity index is 1.45. The normalized spacial score (nSPS) is 19.1. The van der Waals surface area contributed by atoms with Gasteiger partial charge in [0.25, 0.3) is 5.56 Å². The summed E-state index contributed by atoms with van der Waals surface area (Å²) in [5.74, 6) is 0.330. The molecule has 0 spiro atoms. The van der Waals surface area contributed by atoms with E-state index in [9.17, 15) is 14.7 Å². The van der Waals surface area contributed by atoms with Crippen molar-refractivity contribution in [2.24, 2.45) is 5.92 Å². The van der Waals surface area contributed by atoms with Gasteiger partial charge in [0.05, 0.1) is 24.0 Å². The number of hydrogen-bond acceptors (Lipinski definition) is 5. The Bertz CT molecular complexity index is 1230. The number of aromatic amines is 1. The number of para-hydroxylation sites is 1. The smallest absolute Gasteiger partial charge is 0.276 e. The van der Waals surface area contributed by atoms with E-state index in [4.69, 9.17) is 4.98 Å². The molecule has 1 fully saturated rings. The van der Waals surface area contributed by atoms with E-state index in [0.717, 1.165) is 30.6 Å². The summed E-state index contributed by atoms with van der Waals surface area (Å²) in [7, 11) is 0. The number of aromatic nitrogens is 3. The predicted octanol–water partition coefficient (Wildman–Crippen LogP) is 2.61. The van der Waals surface area contributed by atoms with Gasteiger partial charge in [-0.05, 0) is 31.9 Å². The summed E-state index contributed by atoms with van der Waals surface area (Å²) in [6, 6.07) is 9.51. The molecule has 2 aliphatic heterocycles. The first-order valence-electron chi connectivity index (χ1n) is 11.4. The van der Waals surface area contributed by atoms with Gasteiger partial charge in [-0.25, -0.2) is 9.50 Å². The van der Waals surface area contributed by atoms with Crippen molar-refractivity contribution in [2.45, 2.75) is 52.2 Å². The Labute approximate surface area is 186 Å². The van der Waals surface area contributed by atoms with Crippen LogP contribution in [-0.4, -0.2) is 48.5 Å². The zero-order chi connectivity index (χ0) is 22.4. The molecule has 2 aromatic heterocycles. The van der Waals surface area contributed by atoms with E-state index in [0.29, 0.717) is 48.7 Å². The van der Waals surface area contributed by atoms with E-state index in [2.05, 4.69) is 10.00 Å². The van der Waals surface area contributed by atoms with Crippen molar-refractivity contribution in [3.8, 4) is 5.75 Å². The molecule has 0 radical (unpaired) electrons. The fourth-order valence-corrected chi connectivity index (χ4v) is 4.97. The number of nitrogens with one attached hydrogen (secondary N) is 1. The first-order valence-corrected chi connectivity index (χ1v) is 11.4. The standard InChI is InChI=1S/C24H29N5O3/c1-15(2)23(31)28-11-9-17-19(14-28)25-22-12-18(26-29(22)24(17)32)20-7-5-10-27(20)13-16-6-3-4-8-21(16)30/h3-4,6,8,12,15,20,26,30H,5,7,9-11,13-14H2,1-2H3. The molecule has 3 aromatic rings. The van der Waals surface area contributed by atoms with Gasteiger partial charge in [0.1, 0.15) is 5.75 Å². The summed E-state index contributed by atoms with van der Waals surface area (Å²) in [5.41, 5.74) is 3.78. The first-order chi connectivity index (χ1) is 15.4. The lowest BCUT2D eigenvalue weighted by molar-refractivity contribution is -0.135. The Hall–Kier alpha value is -3.13. The van der Waals surface area contributed by atoms with Crippen molar-refractivity contribution in [1.82, 2.24) is 24.4 Å². The van der Waals surface area contributed by atoms with Gasteiger partial charge < -0.3 is 10.0 Å². The molecular weight excluding hydrogens is 406 g/mol. The van der Waals surface area contributed by atoms with Crippen LogP contribution in [-0.2, 0) is 24.3 Å². The Morgan fingerprint density at radius 2 is 2.09 bits per heavy atom. The molecule has 1 saturated heterocycles. The number of fused-ring (bicyclic) bond motifs is 2. The van der Waals surface area contributed by atoms with E-state index in [-0.39, 0.29) is 23.4 Å². The van der Waals surface area contributed by atoms with Crippen molar-refractivity contribution in [3.63, 3.8) is 0 Å². The van der Waals surface area contributed by atoms with Crippen molar-refractivity contribution >= 4 is 11.6 Å². The van der Waals surface area contributed by atoms with E-state index < -0.39 is 0 Å². The van der Waals surface area contributed by atoms with E-state index in [1.54, 1.807) is 15.5 Å². The van der Waals surface area contributed by atoms with Crippen LogP contribution in [0.25, 0.3) is 5.65 Å². The highest BCUT2D eigenvalue weighted by atomic mass is 16.3. The predicted molar refractivity (Wildman–Crippen MR) is 120 cm³/mol. The Morgan fingerprint density at radius 3 is 2.88 bits per heavy atom. The van der Waals surface area contributed by atoms with Crippen LogP contribution in [0.1, 0.15) is 55.2 Å². The van der Waals surface area contributed by atoms with Crippen LogP contribution < -0.4 is 5.56 Å². The van der Waals surface area contributed by atoms with Crippen LogP contribution in [0.15, 0.2) is 35.1 Å². The van der Waals surface area contributed by atoms with E-state index >= 15 is 0 Å². The number of likely N-dealkylation sites (tertiary alicyclic amines) is 1. The summed E-state index contributed by atoms with van der Waals surface area (Å²) >= 11 is 0. The van der Waals surface area contributed by atoms with Crippen LogP contribution in [0.2, 0.25) is 0 Å². The molecule has 1 atom stereocenters. The lowest BCUT2D eigenvalue weighted by Crippen LogP contribution is -2.41. The number of nitrogens with zero attached hydrogens (tertiary/aromatic N) is 4. The average molecular weight is 436 g/mol. The molecule has 1 amide bonds. The number of carbonyl (C=O) groups excluding carboxylic acids is 1. The van der Waals surface area contributed by atoms with Gasteiger partial charge in [-0.2, -0.15) is 0 Å². The molecule has 0 aliphatic carbocycles. The van der Waals surface area contributed by atoms with Gasteiger partial charge >= 0.3 is 0 Å².